The molecule has 0 fully saturated rings. The zero-order chi connectivity index (χ0) is 21.7. The van der Waals surface area contributed by atoms with Crippen LogP contribution in [0.15, 0.2) is 66.7 Å². The number of rotatable bonds is 7. The minimum absolute atomic E-state index is 0.221. The molecule has 0 spiro atoms. The van der Waals surface area contributed by atoms with Crippen molar-refractivity contribution in [1.29, 1.82) is 0 Å². The van der Waals surface area contributed by atoms with Crippen LogP contribution in [0.1, 0.15) is 22.5 Å². The van der Waals surface area contributed by atoms with Gasteiger partial charge in [-0.2, -0.15) is 0 Å². The molecule has 0 aliphatic carbocycles. The molecular formula is C23H25N3O3S. The van der Waals surface area contributed by atoms with E-state index in [1.54, 1.807) is 24.3 Å². The van der Waals surface area contributed by atoms with Crippen molar-refractivity contribution in [3.05, 3.63) is 89.3 Å². The Morgan fingerprint density at radius 3 is 2.47 bits per heavy atom. The van der Waals surface area contributed by atoms with Crippen LogP contribution >= 0.6 is 0 Å². The SMILES string of the molecule is Cc1cc(/C=C/C(=O)NCc2cccc(NS(C)(=O)=O)c2)c(C)n1-c1ccccc1. The van der Waals surface area contributed by atoms with Crippen molar-refractivity contribution in [3.63, 3.8) is 0 Å². The first-order chi connectivity index (χ1) is 14.2. The Kier molecular flexibility index (Phi) is 6.42. The molecule has 1 amide bonds. The summed E-state index contributed by atoms with van der Waals surface area (Å²) in [5.41, 5.74) is 5.47. The first kappa shape index (κ1) is 21.4. The number of nitrogens with one attached hydrogen (secondary N) is 2. The Morgan fingerprint density at radius 2 is 1.77 bits per heavy atom. The van der Waals surface area contributed by atoms with Gasteiger partial charge in [-0.05, 0) is 61.4 Å². The van der Waals surface area contributed by atoms with Crippen LogP contribution in [0.5, 0.6) is 0 Å². The first-order valence-corrected chi connectivity index (χ1v) is 11.4. The zero-order valence-corrected chi connectivity index (χ0v) is 18.0. The van der Waals surface area contributed by atoms with Crippen molar-refractivity contribution in [2.24, 2.45) is 0 Å². The van der Waals surface area contributed by atoms with Crippen LogP contribution in [0.3, 0.4) is 0 Å². The lowest BCUT2D eigenvalue weighted by molar-refractivity contribution is -0.116. The van der Waals surface area contributed by atoms with Crippen LogP contribution in [0.2, 0.25) is 0 Å². The summed E-state index contributed by atoms with van der Waals surface area (Å²) in [6, 6.07) is 19.0. The highest BCUT2D eigenvalue weighted by Crippen LogP contribution is 2.21. The molecule has 0 aliphatic rings. The van der Waals surface area contributed by atoms with Gasteiger partial charge in [0, 0.05) is 35.4 Å². The van der Waals surface area contributed by atoms with E-state index in [0.29, 0.717) is 12.2 Å². The Labute approximate surface area is 177 Å². The average Bonchev–Trinajstić information content (AvgIpc) is 2.97. The van der Waals surface area contributed by atoms with E-state index in [0.717, 1.165) is 34.5 Å². The fourth-order valence-electron chi connectivity index (χ4n) is 3.30. The fourth-order valence-corrected chi connectivity index (χ4v) is 3.86. The average molecular weight is 424 g/mol. The van der Waals surface area contributed by atoms with Crippen molar-refractivity contribution >= 4 is 27.7 Å². The highest BCUT2D eigenvalue weighted by Gasteiger charge is 2.09. The number of aryl methyl sites for hydroxylation is 1. The molecule has 7 heteroatoms. The molecule has 3 rings (SSSR count). The van der Waals surface area contributed by atoms with E-state index in [9.17, 15) is 13.2 Å². The molecule has 2 aromatic carbocycles. The third kappa shape index (κ3) is 5.61. The van der Waals surface area contributed by atoms with Gasteiger partial charge in [0.15, 0.2) is 0 Å². The molecule has 1 aromatic heterocycles. The summed E-state index contributed by atoms with van der Waals surface area (Å²) in [5.74, 6) is -0.221. The number of hydrogen-bond acceptors (Lipinski definition) is 3. The van der Waals surface area contributed by atoms with Crippen LogP contribution in [0.25, 0.3) is 11.8 Å². The predicted octanol–water partition coefficient (Wildman–Crippen LogP) is 3.80. The van der Waals surface area contributed by atoms with Gasteiger partial charge in [0.05, 0.1) is 6.26 Å². The summed E-state index contributed by atoms with van der Waals surface area (Å²) in [5, 5.41) is 2.82. The van der Waals surface area contributed by atoms with Gasteiger partial charge in [-0.15, -0.1) is 0 Å². The highest BCUT2D eigenvalue weighted by molar-refractivity contribution is 7.92. The van der Waals surface area contributed by atoms with Crippen molar-refractivity contribution < 1.29 is 13.2 Å². The monoisotopic (exact) mass is 423 g/mol. The molecule has 6 nitrogen and oxygen atoms in total. The van der Waals surface area contributed by atoms with Crippen molar-refractivity contribution in [2.45, 2.75) is 20.4 Å². The predicted molar refractivity (Wildman–Crippen MR) is 121 cm³/mol. The molecule has 0 atom stereocenters. The number of para-hydroxylation sites is 1. The Hall–Kier alpha value is -3.32. The van der Waals surface area contributed by atoms with Gasteiger partial charge >= 0.3 is 0 Å². The number of carbonyl (C=O) groups is 1. The molecule has 0 saturated carbocycles. The zero-order valence-electron chi connectivity index (χ0n) is 17.2. The minimum Gasteiger partial charge on any atom is -0.348 e. The van der Waals surface area contributed by atoms with E-state index in [1.807, 2.05) is 56.3 Å². The number of benzene rings is 2. The van der Waals surface area contributed by atoms with E-state index in [1.165, 1.54) is 6.08 Å². The molecule has 0 bridgehead atoms. The van der Waals surface area contributed by atoms with Crippen LogP contribution in [-0.2, 0) is 21.4 Å². The number of sulfonamides is 1. The second kappa shape index (κ2) is 9.00. The van der Waals surface area contributed by atoms with Crippen molar-refractivity contribution in [3.8, 4) is 5.69 Å². The normalized spacial score (nSPS) is 11.6. The van der Waals surface area contributed by atoms with E-state index in [4.69, 9.17) is 0 Å². The van der Waals surface area contributed by atoms with Gasteiger partial charge in [-0.1, -0.05) is 30.3 Å². The van der Waals surface area contributed by atoms with Gasteiger partial charge in [-0.25, -0.2) is 8.42 Å². The quantitative estimate of drug-likeness (QED) is 0.568. The summed E-state index contributed by atoms with van der Waals surface area (Å²) in [6.45, 7) is 4.36. The Bertz CT molecular complexity index is 1180. The number of nitrogens with zero attached hydrogens (tertiary/aromatic N) is 1. The second-order valence-electron chi connectivity index (χ2n) is 7.12. The van der Waals surface area contributed by atoms with E-state index in [2.05, 4.69) is 14.6 Å². The van der Waals surface area contributed by atoms with Crippen LogP contribution in [-0.4, -0.2) is 25.1 Å². The van der Waals surface area contributed by atoms with Crippen molar-refractivity contribution in [2.75, 3.05) is 11.0 Å². The topological polar surface area (TPSA) is 80.2 Å². The Morgan fingerprint density at radius 1 is 1.03 bits per heavy atom. The molecule has 0 unspecified atom stereocenters. The standard InChI is InChI=1S/C23H25N3O3S/c1-17-14-20(18(2)26(17)22-10-5-4-6-11-22)12-13-23(27)24-16-19-8-7-9-21(15-19)25-30(3,28)29/h4-15,25H,16H2,1-3H3,(H,24,27)/b13-12+. The van der Waals surface area contributed by atoms with Crippen molar-refractivity contribution in [1.82, 2.24) is 9.88 Å². The van der Waals surface area contributed by atoms with E-state index >= 15 is 0 Å². The largest absolute Gasteiger partial charge is 0.348 e. The summed E-state index contributed by atoms with van der Waals surface area (Å²) >= 11 is 0. The number of anilines is 1. The number of aromatic nitrogens is 1. The lowest BCUT2D eigenvalue weighted by atomic mass is 10.2. The van der Waals surface area contributed by atoms with Gasteiger partial charge in [0.2, 0.25) is 15.9 Å². The molecule has 0 saturated heterocycles. The highest BCUT2D eigenvalue weighted by atomic mass is 32.2. The number of carbonyl (C=O) groups excluding carboxylic acids is 1. The Balaban J connectivity index is 1.65. The van der Waals surface area contributed by atoms with Crippen LogP contribution < -0.4 is 10.0 Å². The van der Waals surface area contributed by atoms with Gasteiger partial charge < -0.3 is 9.88 Å². The van der Waals surface area contributed by atoms with Gasteiger partial charge in [-0.3, -0.25) is 9.52 Å². The fraction of sp³-hybridized carbons (Fsp3) is 0.174. The maximum atomic E-state index is 12.3. The molecule has 156 valence electrons. The molecule has 3 aromatic rings. The second-order valence-corrected chi connectivity index (χ2v) is 8.87. The first-order valence-electron chi connectivity index (χ1n) is 9.50. The summed E-state index contributed by atoms with van der Waals surface area (Å²) in [4.78, 5) is 12.3. The molecule has 0 aliphatic heterocycles. The third-order valence-electron chi connectivity index (χ3n) is 4.60. The van der Waals surface area contributed by atoms with Gasteiger partial charge in [0.1, 0.15) is 0 Å². The van der Waals surface area contributed by atoms with Gasteiger partial charge in [0.25, 0.3) is 0 Å². The summed E-state index contributed by atoms with van der Waals surface area (Å²) in [6.07, 6.45) is 4.41. The van der Waals surface area contributed by atoms with Crippen LogP contribution in [0, 0.1) is 13.8 Å². The third-order valence-corrected chi connectivity index (χ3v) is 5.20. The maximum absolute atomic E-state index is 12.3. The maximum Gasteiger partial charge on any atom is 0.244 e. The molecule has 2 N–H and O–H groups in total. The number of amides is 1. The minimum atomic E-state index is -3.34. The number of hydrogen-bond donors (Lipinski definition) is 2. The molecule has 30 heavy (non-hydrogen) atoms. The molecular weight excluding hydrogens is 398 g/mol. The molecule has 1 heterocycles. The van der Waals surface area contributed by atoms with Crippen LogP contribution in [0.4, 0.5) is 5.69 Å². The molecule has 0 radical (unpaired) electrons. The van der Waals surface area contributed by atoms with E-state index < -0.39 is 10.0 Å². The van der Waals surface area contributed by atoms with E-state index in [-0.39, 0.29) is 5.91 Å². The lowest BCUT2D eigenvalue weighted by Gasteiger charge is -2.09. The summed E-state index contributed by atoms with van der Waals surface area (Å²) in [7, 11) is -3.34. The summed E-state index contributed by atoms with van der Waals surface area (Å²) < 4.78 is 27.3. The smallest absolute Gasteiger partial charge is 0.244 e. The lowest BCUT2D eigenvalue weighted by Crippen LogP contribution is -2.20.